The molecule has 0 spiro atoms. The largest absolute Gasteiger partial charge is 0.489 e. The van der Waals surface area contributed by atoms with Crippen molar-refractivity contribution in [1.29, 1.82) is 0 Å². The summed E-state index contributed by atoms with van der Waals surface area (Å²) in [5, 5.41) is 0. The van der Waals surface area contributed by atoms with E-state index in [0.717, 1.165) is 16.9 Å². The summed E-state index contributed by atoms with van der Waals surface area (Å²) in [6.07, 6.45) is -0.192. The zero-order valence-electron chi connectivity index (χ0n) is 16.4. The average molecular weight is 383 g/mol. The van der Waals surface area contributed by atoms with Gasteiger partial charge in [-0.1, -0.05) is 42.5 Å². The van der Waals surface area contributed by atoms with Crippen molar-refractivity contribution in [3.8, 4) is 5.75 Å². The third-order valence-electron chi connectivity index (χ3n) is 4.22. The van der Waals surface area contributed by atoms with E-state index >= 15 is 0 Å². The van der Waals surface area contributed by atoms with Crippen molar-refractivity contribution in [3.63, 3.8) is 0 Å². The number of hydrogen-bond donors (Lipinski definition) is 0. The van der Waals surface area contributed by atoms with Gasteiger partial charge in [0.1, 0.15) is 24.0 Å². The van der Waals surface area contributed by atoms with Crippen molar-refractivity contribution >= 4 is 12.1 Å². The van der Waals surface area contributed by atoms with Crippen LogP contribution in [0.5, 0.6) is 5.75 Å². The number of rotatable bonds is 5. The SMILES string of the molecule is CC(C)(C)OC(=O)N1COC(=O)[C@@H]1Cc1ccc(OCc2ccccc2)cc1. The molecule has 0 unspecified atom stereocenters. The Morgan fingerprint density at radius 3 is 2.39 bits per heavy atom. The van der Waals surface area contributed by atoms with Gasteiger partial charge in [0.2, 0.25) is 0 Å². The Morgan fingerprint density at radius 1 is 1.07 bits per heavy atom. The third kappa shape index (κ3) is 5.25. The van der Waals surface area contributed by atoms with Crippen molar-refractivity contribution in [2.24, 2.45) is 0 Å². The normalized spacial score (nSPS) is 16.6. The molecule has 1 amide bonds. The van der Waals surface area contributed by atoms with Gasteiger partial charge in [-0.15, -0.1) is 0 Å². The number of cyclic esters (lactones) is 1. The average Bonchev–Trinajstić information content (AvgIpc) is 3.01. The Bertz CT molecular complexity index is 811. The van der Waals surface area contributed by atoms with Crippen LogP contribution in [0.3, 0.4) is 0 Å². The maximum Gasteiger partial charge on any atom is 0.413 e. The first-order valence-electron chi connectivity index (χ1n) is 9.24. The van der Waals surface area contributed by atoms with Crippen molar-refractivity contribution < 1.29 is 23.8 Å². The van der Waals surface area contributed by atoms with Crippen LogP contribution in [0.15, 0.2) is 54.6 Å². The first-order valence-corrected chi connectivity index (χ1v) is 9.24. The summed E-state index contributed by atoms with van der Waals surface area (Å²) in [6.45, 7) is 5.75. The predicted octanol–water partition coefficient (Wildman–Crippen LogP) is 3.93. The first-order chi connectivity index (χ1) is 13.3. The summed E-state index contributed by atoms with van der Waals surface area (Å²) in [4.78, 5) is 25.7. The lowest BCUT2D eigenvalue weighted by Crippen LogP contribution is -2.42. The number of carbonyl (C=O) groups excluding carboxylic acids is 2. The molecule has 0 saturated carbocycles. The molecule has 0 aromatic heterocycles. The fourth-order valence-corrected chi connectivity index (χ4v) is 2.83. The second-order valence-electron chi connectivity index (χ2n) is 7.68. The third-order valence-corrected chi connectivity index (χ3v) is 4.22. The smallest absolute Gasteiger partial charge is 0.413 e. The lowest BCUT2D eigenvalue weighted by molar-refractivity contribution is -0.139. The zero-order valence-corrected chi connectivity index (χ0v) is 16.4. The molecule has 148 valence electrons. The number of amides is 1. The highest BCUT2D eigenvalue weighted by Gasteiger charge is 2.39. The molecule has 1 atom stereocenters. The number of ether oxygens (including phenoxy) is 3. The van der Waals surface area contributed by atoms with E-state index in [-0.39, 0.29) is 6.73 Å². The van der Waals surface area contributed by atoms with Gasteiger partial charge < -0.3 is 14.2 Å². The molecule has 0 aliphatic carbocycles. The number of nitrogens with zero attached hydrogens (tertiary/aromatic N) is 1. The molecule has 28 heavy (non-hydrogen) atoms. The van der Waals surface area contributed by atoms with Crippen LogP contribution < -0.4 is 4.74 Å². The van der Waals surface area contributed by atoms with Crippen LogP contribution in [0.4, 0.5) is 4.79 Å². The molecule has 1 heterocycles. The number of benzene rings is 2. The minimum atomic E-state index is -0.689. The van der Waals surface area contributed by atoms with Crippen molar-refractivity contribution in [3.05, 3.63) is 65.7 Å². The molecule has 1 saturated heterocycles. The second kappa shape index (κ2) is 8.33. The summed E-state index contributed by atoms with van der Waals surface area (Å²) in [5.41, 5.74) is 1.36. The summed E-state index contributed by atoms with van der Waals surface area (Å²) in [5.74, 6) is 0.320. The molecule has 3 rings (SSSR count). The van der Waals surface area contributed by atoms with E-state index in [0.29, 0.717) is 13.0 Å². The summed E-state index contributed by atoms with van der Waals surface area (Å²) < 4.78 is 16.2. The van der Waals surface area contributed by atoms with Crippen LogP contribution in [0, 0.1) is 0 Å². The van der Waals surface area contributed by atoms with E-state index in [1.165, 1.54) is 4.90 Å². The van der Waals surface area contributed by atoms with Crippen LogP contribution in [-0.4, -0.2) is 35.3 Å². The van der Waals surface area contributed by atoms with Gasteiger partial charge in [0.15, 0.2) is 6.73 Å². The minimum absolute atomic E-state index is 0.0866. The minimum Gasteiger partial charge on any atom is -0.489 e. The van der Waals surface area contributed by atoms with E-state index < -0.39 is 23.7 Å². The van der Waals surface area contributed by atoms with Gasteiger partial charge in [0, 0.05) is 6.42 Å². The molecule has 1 aliphatic heterocycles. The van der Waals surface area contributed by atoms with Crippen molar-refractivity contribution in [2.75, 3.05) is 6.73 Å². The maximum absolute atomic E-state index is 12.3. The molecule has 0 radical (unpaired) electrons. The van der Waals surface area contributed by atoms with Crippen LogP contribution in [0.2, 0.25) is 0 Å². The lowest BCUT2D eigenvalue weighted by Gasteiger charge is -2.25. The molecular formula is C22H25NO5. The molecular weight excluding hydrogens is 358 g/mol. The highest BCUT2D eigenvalue weighted by atomic mass is 16.6. The van der Waals surface area contributed by atoms with Crippen molar-refractivity contribution in [1.82, 2.24) is 4.90 Å². The Hall–Kier alpha value is -3.02. The first kappa shape index (κ1) is 19.7. The molecule has 0 N–H and O–H groups in total. The van der Waals surface area contributed by atoms with Crippen LogP contribution in [-0.2, 0) is 27.3 Å². The van der Waals surface area contributed by atoms with Crippen molar-refractivity contribution in [2.45, 2.75) is 45.4 Å². The molecule has 1 fully saturated rings. The van der Waals surface area contributed by atoms with E-state index in [2.05, 4.69) is 0 Å². The van der Waals surface area contributed by atoms with Gasteiger partial charge in [-0.25, -0.2) is 9.59 Å². The monoisotopic (exact) mass is 383 g/mol. The Kier molecular flexibility index (Phi) is 5.87. The van der Waals surface area contributed by atoms with Gasteiger partial charge in [-0.3, -0.25) is 4.90 Å². The van der Waals surface area contributed by atoms with Gasteiger partial charge in [0.05, 0.1) is 0 Å². The number of carbonyl (C=O) groups is 2. The summed E-state index contributed by atoms with van der Waals surface area (Å²) >= 11 is 0. The Morgan fingerprint density at radius 2 is 1.75 bits per heavy atom. The molecule has 1 aliphatic rings. The Balaban J connectivity index is 1.60. The fraction of sp³-hybridized carbons (Fsp3) is 0.364. The van der Waals surface area contributed by atoms with Gasteiger partial charge in [-0.2, -0.15) is 0 Å². The van der Waals surface area contributed by atoms with Gasteiger partial charge in [0.25, 0.3) is 0 Å². The molecule has 0 bridgehead atoms. The maximum atomic E-state index is 12.3. The second-order valence-corrected chi connectivity index (χ2v) is 7.68. The molecule has 6 heteroatoms. The Labute approximate surface area is 165 Å². The summed E-state index contributed by atoms with van der Waals surface area (Å²) in [6, 6.07) is 16.7. The van der Waals surface area contributed by atoms with E-state index in [1.807, 2.05) is 54.6 Å². The molecule has 2 aromatic rings. The van der Waals surface area contributed by atoms with E-state index in [1.54, 1.807) is 20.8 Å². The topological polar surface area (TPSA) is 65.1 Å². The highest BCUT2D eigenvalue weighted by Crippen LogP contribution is 2.22. The number of esters is 1. The summed E-state index contributed by atoms with van der Waals surface area (Å²) in [7, 11) is 0. The van der Waals surface area contributed by atoms with Crippen LogP contribution in [0.1, 0.15) is 31.9 Å². The molecule has 6 nitrogen and oxygen atoms in total. The lowest BCUT2D eigenvalue weighted by atomic mass is 10.1. The number of hydrogen-bond acceptors (Lipinski definition) is 5. The standard InChI is InChI=1S/C22H25NO5/c1-22(2,3)28-21(25)23-15-27-20(24)19(23)13-16-9-11-18(12-10-16)26-14-17-7-5-4-6-8-17/h4-12,19H,13-15H2,1-3H3/t19-/m0/s1. The fourth-order valence-electron chi connectivity index (χ4n) is 2.83. The van der Waals surface area contributed by atoms with Crippen LogP contribution in [0.25, 0.3) is 0 Å². The molecule has 2 aromatic carbocycles. The zero-order chi connectivity index (χ0) is 20.1. The van der Waals surface area contributed by atoms with Gasteiger partial charge >= 0.3 is 12.1 Å². The van der Waals surface area contributed by atoms with Crippen LogP contribution >= 0.6 is 0 Å². The van der Waals surface area contributed by atoms with Gasteiger partial charge in [-0.05, 0) is 44.0 Å². The van der Waals surface area contributed by atoms with E-state index in [4.69, 9.17) is 14.2 Å². The highest BCUT2D eigenvalue weighted by molar-refractivity contribution is 5.84. The van der Waals surface area contributed by atoms with E-state index in [9.17, 15) is 9.59 Å². The quantitative estimate of drug-likeness (QED) is 0.732. The predicted molar refractivity (Wildman–Crippen MR) is 104 cm³/mol.